The molecule has 4 bridgehead atoms. The predicted molar refractivity (Wildman–Crippen MR) is 102 cm³/mol. The van der Waals surface area contributed by atoms with Gasteiger partial charge in [0, 0.05) is 11.1 Å². The molecule has 142 valence electrons. The van der Waals surface area contributed by atoms with E-state index >= 15 is 0 Å². The van der Waals surface area contributed by atoms with E-state index in [4.69, 9.17) is 4.74 Å². The maximum Gasteiger partial charge on any atom is 0.275 e. The van der Waals surface area contributed by atoms with Crippen LogP contribution in [0, 0.1) is 17.8 Å². The normalized spacial score (nSPS) is 33.1. The first-order chi connectivity index (χ1) is 12.5. The minimum atomic E-state index is 0.130. The molecule has 1 amide bonds. The number of carbonyl (C=O) groups is 1. The number of hydrogen-bond acceptors (Lipinski definition) is 2. The number of quaternary nitrogens is 1. The van der Waals surface area contributed by atoms with E-state index in [0.717, 1.165) is 30.0 Å². The average Bonchev–Trinajstić information content (AvgIpc) is 2.54. The van der Waals surface area contributed by atoms with Crippen LogP contribution in [-0.4, -0.2) is 31.6 Å². The summed E-state index contributed by atoms with van der Waals surface area (Å²) in [6.45, 7) is 4.10. The number of benzene rings is 1. The monoisotopic (exact) mass is 357 g/mol. The first kappa shape index (κ1) is 17.8. The zero-order valence-electron chi connectivity index (χ0n) is 16.2. The highest BCUT2D eigenvalue weighted by Gasteiger charge is 2.51. The fourth-order valence-electron chi connectivity index (χ4n) is 6.16. The molecule has 4 aliphatic rings. The highest BCUT2D eigenvalue weighted by Crippen LogP contribution is 2.55. The van der Waals surface area contributed by atoms with Crippen LogP contribution in [-0.2, 0) is 11.3 Å². The molecule has 0 saturated heterocycles. The molecule has 1 atom stereocenters. The standard InChI is InChI=1S/C22H32N2O2/c1-3-26-20-6-4-16(5-7-20)14-24(2)15-21(25)23-22-11-17-8-18(12-22)10-19(9-17)13-22/h4-7,17-19H,3,8-15H2,1-2H3,(H,23,25)/p+1. The van der Waals surface area contributed by atoms with Crippen LogP contribution in [0.25, 0.3) is 0 Å². The van der Waals surface area contributed by atoms with E-state index in [1.54, 1.807) is 0 Å². The van der Waals surface area contributed by atoms with Gasteiger partial charge in [0.2, 0.25) is 0 Å². The van der Waals surface area contributed by atoms with E-state index in [-0.39, 0.29) is 11.4 Å². The second-order valence-corrected chi connectivity index (χ2v) is 9.13. The lowest BCUT2D eigenvalue weighted by Crippen LogP contribution is -3.09. The molecule has 1 unspecified atom stereocenters. The van der Waals surface area contributed by atoms with Gasteiger partial charge in [-0.1, -0.05) is 0 Å². The molecule has 4 heteroatoms. The Labute approximate surface area is 157 Å². The van der Waals surface area contributed by atoms with E-state index in [0.29, 0.717) is 13.2 Å². The third kappa shape index (κ3) is 3.90. The summed E-state index contributed by atoms with van der Waals surface area (Å²) in [6.07, 6.45) is 7.92. The van der Waals surface area contributed by atoms with Crippen molar-refractivity contribution in [2.75, 3.05) is 20.2 Å². The molecule has 26 heavy (non-hydrogen) atoms. The summed E-state index contributed by atoms with van der Waals surface area (Å²) in [4.78, 5) is 13.9. The predicted octanol–water partition coefficient (Wildman–Crippen LogP) is 2.18. The van der Waals surface area contributed by atoms with Crippen molar-refractivity contribution < 1.29 is 14.4 Å². The molecule has 4 saturated carbocycles. The molecule has 0 radical (unpaired) electrons. The molecule has 0 heterocycles. The lowest BCUT2D eigenvalue weighted by atomic mass is 9.53. The van der Waals surface area contributed by atoms with Crippen LogP contribution >= 0.6 is 0 Å². The van der Waals surface area contributed by atoms with Crippen LogP contribution in [0.3, 0.4) is 0 Å². The largest absolute Gasteiger partial charge is 0.494 e. The fourth-order valence-corrected chi connectivity index (χ4v) is 6.16. The van der Waals surface area contributed by atoms with Gasteiger partial charge >= 0.3 is 0 Å². The molecule has 1 aromatic carbocycles. The van der Waals surface area contributed by atoms with Crippen molar-refractivity contribution >= 4 is 5.91 Å². The van der Waals surface area contributed by atoms with Crippen LogP contribution < -0.4 is 15.0 Å². The first-order valence-electron chi connectivity index (χ1n) is 10.4. The zero-order valence-corrected chi connectivity index (χ0v) is 16.2. The van der Waals surface area contributed by atoms with E-state index in [1.807, 2.05) is 19.1 Å². The van der Waals surface area contributed by atoms with Gasteiger partial charge < -0.3 is 15.0 Å². The van der Waals surface area contributed by atoms with Crippen LogP contribution in [0.4, 0.5) is 0 Å². The quantitative estimate of drug-likeness (QED) is 0.786. The molecule has 4 fully saturated rings. The van der Waals surface area contributed by atoms with Crippen LogP contribution in [0.2, 0.25) is 0 Å². The number of ether oxygens (including phenoxy) is 1. The van der Waals surface area contributed by atoms with Crippen LogP contribution in [0.5, 0.6) is 5.75 Å². The van der Waals surface area contributed by atoms with Crippen molar-refractivity contribution in [1.82, 2.24) is 5.32 Å². The summed E-state index contributed by atoms with van der Waals surface area (Å²) in [6, 6.07) is 8.24. The van der Waals surface area contributed by atoms with E-state index in [2.05, 4.69) is 24.5 Å². The van der Waals surface area contributed by atoms with E-state index in [1.165, 1.54) is 49.0 Å². The smallest absolute Gasteiger partial charge is 0.275 e. The zero-order chi connectivity index (χ0) is 18.1. The second-order valence-electron chi connectivity index (χ2n) is 9.13. The maximum atomic E-state index is 12.7. The lowest BCUT2D eigenvalue weighted by Gasteiger charge is -2.56. The summed E-state index contributed by atoms with van der Waals surface area (Å²) >= 11 is 0. The molecule has 2 N–H and O–H groups in total. The Morgan fingerprint density at radius 2 is 1.69 bits per heavy atom. The van der Waals surface area contributed by atoms with Crippen molar-refractivity contribution in [3.63, 3.8) is 0 Å². The van der Waals surface area contributed by atoms with Crippen molar-refractivity contribution in [3.8, 4) is 5.75 Å². The second kappa shape index (κ2) is 7.22. The Bertz CT molecular complexity index is 605. The number of nitrogens with one attached hydrogen (secondary N) is 2. The van der Waals surface area contributed by atoms with Crippen molar-refractivity contribution in [3.05, 3.63) is 29.8 Å². The summed E-state index contributed by atoms with van der Waals surface area (Å²) in [7, 11) is 2.11. The molecule has 1 aromatic rings. The highest BCUT2D eigenvalue weighted by molar-refractivity contribution is 5.77. The van der Waals surface area contributed by atoms with E-state index < -0.39 is 0 Å². The lowest BCUT2D eigenvalue weighted by molar-refractivity contribution is -0.885. The summed E-state index contributed by atoms with van der Waals surface area (Å²) in [5.74, 6) is 3.75. The average molecular weight is 358 g/mol. The number of hydrogen-bond donors (Lipinski definition) is 2. The van der Waals surface area contributed by atoms with Gasteiger partial charge in [-0.15, -0.1) is 0 Å². The molecule has 4 nitrogen and oxygen atoms in total. The van der Waals surface area contributed by atoms with Crippen molar-refractivity contribution in [2.24, 2.45) is 17.8 Å². The Balaban J connectivity index is 1.29. The molecule has 5 rings (SSSR count). The van der Waals surface area contributed by atoms with Crippen molar-refractivity contribution in [2.45, 2.75) is 57.5 Å². The van der Waals surface area contributed by atoms with Crippen LogP contribution in [0.1, 0.15) is 51.0 Å². The minimum Gasteiger partial charge on any atom is -0.494 e. The summed E-state index contributed by atoms with van der Waals surface area (Å²) < 4.78 is 5.49. The molecule has 0 spiro atoms. The molecule has 0 aromatic heterocycles. The van der Waals surface area contributed by atoms with Gasteiger partial charge in [-0.05, 0) is 87.5 Å². The molecule has 4 aliphatic carbocycles. The van der Waals surface area contributed by atoms with Gasteiger partial charge in [0.15, 0.2) is 6.54 Å². The number of amides is 1. The van der Waals surface area contributed by atoms with Gasteiger partial charge in [-0.25, -0.2) is 0 Å². The van der Waals surface area contributed by atoms with Crippen molar-refractivity contribution in [1.29, 1.82) is 0 Å². The van der Waals surface area contributed by atoms with Gasteiger partial charge in [0.1, 0.15) is 12.3 Å². The van der Waals surface area contributed by atoms with E-state index in [9.17, 15) is 4.79 Å². The SMILES string of the molecule is CCOc1ccc(C[NH+](C)CC(=O)NC23CC4CC(CC(C4)C2)C3)cc1. The Hall–Kier alpha value is -1.55. The summed E-state index contributed by atoms with van der Waals surface area (Å²) in [5, 5.41) is 3.49. The first-order valence-corrected chi connectivity index (χ1v) is 10.4. The molecule has 0 aliphatic heterocycles. The Morgan fingerprint density at radius 1 is 1.12 bits per heavy atom. The van der Waals surface area contributed by atoms with Gasteiger partial charge in [0.05, 0.1) is 13.7 Å². The van der Waals surface area contributed by atoms with Gasteiger partial charge in [-0.3, -0.25) is 4.79 Å². The summed E-state index contributed by atoms with van der Waals surface area (Å²) in [5.41, 5.74) is 1.37. The maximum absolute atomic E-state index is 12.7. The molecular weight excluding hydrogens is 324 g/mol. The molecular formula is C22H33N2O2+. The number of carbonyl (C=O) groups excluding carboxylic acids is 1. The van der Waals surface area contributed by atoms with Crippen LogP contribution in [0.15, 0.2) is 24.3 Å². The Kier molecular flexibility index (Phi) is 4.96. The minimum absolute atomic E-state index is 0.130. The third-order valence-electron chi connectivity index (χ3n) is 6.65. The number of likely N-dealkylation sites (N-methyl/N-ethyl adjacent to an activating group) is 1. The topological polar surface area (TPSA) is 42.8 Å². The van der Waals surface area contributed by atoms with Gasteiger partial charge in [0.25, 0.3) is 5.91 Å². The Morgan fingerprint density at radius 3 is 2.23 bits per heavy atom. The highest BCUT2D eigenvalue weighted by atomic mass is 16.5. The number of rotatable bonds is 7. The van der Waals surface area contributed by atoms with Gasteiger partial charge in [-0.2, -0.15) is 0 Å². The fraction of sp³-hybridized carbons (Fsp3) is 0.682. The third-order valence-corrected chi connectivity index (χ3v) is 6.65.